The molecule has 1 aliphatic rings. The van der Waals surface area contributed by atoms with Crippen molar-refractivity contribution in [3.63, 3.8) is 0 Å². The van der Waals surface area contributed by atoms with Crippen LogP contribution in [-0.2, 0) is 15.1 Å². The minimum absolute atomic E-state index is 0.701. The van der Waals surface area contributed by atoms with Crippen molar-refractivity contribution in [2.75, 3.05) is 0 Å². The number of hydrogen-bond acceptors (Lipinski definition) is 5. The Labute approximate surface area is 176 Å². The average Bonchev–Trinajstić information content (AvgIpc) is 2.80. The second-order valence-corrected chi connectivity index (χ2v) is 7.57. The van der Waals surface area contributed by atoms with Gasteiger partial charge in [-0.15, -0.1) is 0 Å². The van der Waals surface area contributed by atoms with Crippen molar-refractivity contribution in [2.45, 2.75) is 43.2 Å². The topological polar surface area (TPSA) is 79.2 Å². The van der Waals surface area contributed by atoms with Crippen LogP contribution in [0.4, 0.5) is 0 Å². The maximum Gasteiger partial charge on any atom is 0.183 e. The van der Waals surface area contributed by atoms with E-state index in [1.165, 1.54) is 0 Å². The van der Waals surface area contributed by atoms with Crippen LogP contribution in [0.25, 0.3) is 0 Å². The van der Waals surface area contributed by atoms with Crippen molar-refractivity contribution in [1.29, 1.82) is 0 Å². The van der Waals surface area contributed by atoms with E-state index >= 15 is 0 Å². The van der Waals surface area contributed by atoms with Crippen molar-refractivity contribution >= 4 is 0 Å². The van der Waals surface area contributed by atoms with Crippen LogP contribution in [0.3, 0.4) is 0 Å². The molecule has 0 unspecified atom stereocenters. The van der Waals surface area contributed by atoms with Gasteiger partial charge in [0.25, 0.3) is 0 Å². The lowest BCUT2D eigenvalue weighted by atomic mass is 9.79. The number of hydrogen-bond donors (Lipinski definition) is 3. The SMILES string of the molecule is C[C@@H]1O[C@@H](O)[C@H](O)[C@H](OC(c2ccccc2)(c2ccccc2)c2ccccc2)[C@H]1O. The molecule has 156 valence electrons. The first-order valence-electron chi connectivity index (χ1n) is 10.1. The predicted octanol–water partition coefficient (Wildman–Crippen LogP) is 2.82. The lowest BCUT2D eigenvalue weighted by molar-refractivity contribution is -0.297. The molecule has 4 rings (SSSR count). The van der Waals surface area contributed by atoms with E-state index in [2.05, 4.69) is 0 Å². The van der Waals surface area contributed by atoms with Crippen molar-refractivity contribution in [3.8, 4) is 0 Å². The fourth-order valence-electron chi connectivity index (χ4n) is 4.08. The molecule has 1 fully saturated rings. The molecular formula is C25H26O5. The van der Waals surface area contributed by atoms with Crippen LogP contribution in [0.15, 0.2) is 91.0 Å². The first-order chi connectivity index (χ1) is 14.5. The lowest BCUT2D eigenvalue weighted by Gasteiger charge is -2.45. The van der Waals surface area contributed by atoms with E-state index in [0.717, 1.165) is 16.7 Å². The second kappa shape index (κ2) is 8.68. The van der Waals surface area contributed by atoms with Gasteiger partial charge in [-0.2, -0.15) is 0 Å². The number of rotatable bonds is 5. The fraction of sp³-hybridized carbons (Fsp3) is 0.280. The summed E-state index contributed by atoms with van der Waals surface area (Å²) < 4.78 is 11.9. The molecule has 0 aliphatic carbocycles. The summed E-state index contributed by atoms with van der Waals surface area (Å²) >= 11 is 0. The van der Waals surface area contributed by atoms with Gasteiger partial charge in [0.15, 0.2) is 6.29 Å². The summed E-state index contributed by atoms with van der Waals surface area (Å²) in [5.41, 5.74) is 1.41. The molecule has 3 N–H and O–H groups in total. The average molecular weight is 406 g/mol. The maximum atomic E-state index is 10.8. The molecule has 0 radical (unpaired) electrons. The third-order valence-electron chi connectivity index (χ3n) is 5.65. The molecule has 1 aliphatic heterocycles. The summed E-state index contributed by atoms with van der Waals surface area (Å²) in [7, 11) is 0. The Bertz CT molecular complexity index is 821. The normalized spacial score (nSPS) is 27.0. The highest BCUT2D eigenvalue weighted by Crippen LogP contribution is 2.43. The molecule has 0 spiro atoms. The van der Waals surface area contributed by atoms with E-state index in [1.54, 1.807) is 6.92 Å². The molecule has 1 saturated heterocycles. The van der Waals surface area contributed by atoms with Gasteiger partial charge in [0.05, 0.1) is 6.10 Å². The monoisotopic (exact) mass is 406 g/mol. The fourth-order valence-corrected chi connectivity index (χ4v) is 4.08. The Morgan fingerprint density at radius 2 is 1.07 bits per heavy atom. The zero-order valence-corrected chi connectivity index (χ0v) is 16.7. The largest absolute Gasteiger partial charge is 0.388 e. The van der Waals surface area contributed by atoms with E-state index in [1.807, 2.05) is 91.0 Å². The van der Waals surface area contributed by atoms with Crippen LogP contribution < -0.4 is 0 Å². The van der Waals surface area contributed by atoms with Crippen molar-refractivity contribution in [2.24, 2.45) is 0 Å². The molecule has 0 aromatic heterocycles. The number of ether oxygens (including phenoxy) is 2. The molecule has 3 aromatic rings. The minimum atomic E-state index is -1.45. The summed E-state index contributed by atoms with van der Waals surface area (Å²) in [6.07, 6.45) is -5.77. The van der Waals surface area contributed by atoms with Crippen molar-refractivity contribution < 1.29 is 24.8 Å². The van der Waals surface area contributed by atoms with Crippen LogP contribution in [0.1, 0.15) is 23.6 Å². The van der Waals surface area contributed by atoms with Gasteiger partial charge >= 0.3 is 0 Å². The zero-order valence-electron chi connectivity index (χ0n) is 16.7. The predicted molar refractivity (Wildman–Crippen MR) is 113 cm³/mol. The van der Waals surface area contributed by atoms with Gasteiger partial charge in [-0.05, 0) is 23.6 Å². The smallest absolute Gasteiger partial charge is 0.183 e. The molecule has 3 aromatic carbocycles. The highest BCUT2D eigenvalue weighted by atomic mass is 16.6. The van der Waals surface area contributed by atoms with Crippen LogP contribution in [-0.4, -0.2) is 46.0 Å². The summed E-state index contributed by atoms with van der Waals surface area (Å²) in [4.78, 5) is 0. The van der Waals surface area contributed by atoms with E-state index in [0.29, 0.717) is 0 Å². The van der Waals surface area contributed by atoms with Crippen molar-refractivity contribution in [3.05, 3.63) is 108 Å². The van der Waals surface area contributed by atoms with Crippen LogP contribution in [0.5, 0.6) is 0 Å². The highest BCUT2D eigenvalue weighted by Gasteiger charge is 2.49. The summed E-state index contributed by atoms with van der Waals surface area (Å²) in [5.74, 6) is 0. The summed E-state index contributed by atoms with van der Waals surface area (Å²) in [6.45, 7) is 1.64. The molecule has 30 heavy (non-hydrogen) atoms. The molecule has 5 atom stereocenters. The molecule has 0 saturated carbocycles. The van der Waals surface area contributed by atoms with Gasteiger partial charge in [0, 0.05) is 0 Å². The number of aliphatic hydroxyl groups excluding tert-OH is 3. The Morgan fingerprint density at radius 3 is 1.47 bits per heavy atom. The van der Waals surface area contributed by atoms with Crippen LogP contribution in [0, 0.1) is 0 Å². The second-order valence-electron chi connectivity index (χ2n) is 7.57. The molecule has 1 heterocycles. The Hall–Kier alpha value is -2.54. The Kier molecular flexibility index (Phi) is 5.99. The van der Waals surface area contributed by atoms with E-state index < -0.39 is 36.3 Å². The summed E-state index contributed by atoms with van der Waals surface area (Å²) in [6, 6.07) is 29.1. The summed E-state index contributed by atoms with van der Waals surface area (Å²) in [5, 5.41) is 31.7. The molecule has 5 nitrogen and oxygen atoms in total. The van der Waals surface area contributed by atoms with E-state index in [-0.39, 0.29) is 0 Å². The minimum Gasteiger partial charge on any atom is -0.388 e. The van der Waals surface area contributed by atoms with Gasteiger partial charge in [0.1, 0.15) is 23.9 Å². The Morgan fingerprint density at radius 1 is 0.667 bits per heavy atom. The molecule has 5 heteroatoms. The van der Waals surface area contributed by atoms with Crippen LogP contribution >= 0.6 is 0 Å². The first kappa shape index (κ1) is 20.7. The first-order valence-corrected chi connectivity index (χ1v) is 10.1. The molecular weight excluding hydrogens is 380 g/mol. The third kappa shape index (κ3) is 3.67. The van der Waals surface area contributed by atoms with Gasteiger partial charge in [-0.3, -0.25) is 0 Å². The number of benzene rings is 3. The quantitative estimate of drug-likeness (QED) is 0.568. The van der Waals surface area contributed by atoms with E-state index in [9.17, 15) is 15.3 Å². The van der Waals surface area contributed by atoms with E-state index in [4.69, 9.17) is 9.47 Å². The lowest BCUT2D eigenvalue weighted by Crippen LogP contribution is -2.59. The van der Waals surface area contributed by atoms with Crippen LogP contribution in [0.2, 0.25) is 0 Å². The van der Waals surface area contributed by atoms with Gasteiger partial charge in [-0.1, -0.05) is 91.0 Å². The van der Waals surface area contributed by atoms with Gasteiger partial charge < -0.3 is 24.8 Å². The molecule has 0 bridgehead atoms. The maximum absolute atomic E-state index is 10.8. The molecule has 0 amide bonds. The standard InChI is InChI=1S/C25H26O5/c1-17-21(26)23(22(27)24(28)29-17)30-25(18-11-5-2-6-12-18,19-13-7-3-8-14-19)20-15-9-4-10-16-20/h2-17,21-24,26-28H,1H3/t17-,21-,22+,23+,24+/m0/s1. The van der Waals surface area contributed by atoms with Crippen molar-refractivity contribution in [1.82, 2.24) is 0 Å². The van der Waals surface area contributed by atoms with Gasteiger partial charge in [-0.25, -0.2) is 0 Å². The Balaban J connectivity index is 1.93. The third-order valence-corrected chi connectivity index (χ3v) is 5.65. The zero-order chi connectivity index (χ0) is 21.1. The van der Waals surface area contributed by atoms with Gasteiger partial charge in [0.2, 0.25) is 0 Å². The highest BCUT2D eigenvalue weighted by molar-refractivity contribution is 5.47. The number of aliphatic hydroxyl groups is 3.